The Bertz CT molecular complexity index is 1220. The third kappa shape index (κ3) is 4.68. The summed E-state index contributed by atoms with van der Waals surface area (Å²) in [6.07, 6.45) is 0.122. The summed E-state index contributed by atoms with van der Waals surface area (Å²) >= 11 is 0. The Balaban J connectivity index is 1.78. The summed E-state index contributed by atoms with van der Waals surface area (Å²) < 4.78 is 41.9. The fourth-order valence-corrected chi connectivity index (χ4v) is 5.85. The maximum atomic E-state index is 13.6. The van der Waals surface area contributed by atoms with Crippen LogP contribution in [0.2, 0.25) is 0 Å². The highest BCUT2D eigenvalue weighted by molar-refractivity contribution is 7.89. The minimum atomic E-state index is -3.93. The van der Waals surface area contributed by atoms with Crippen molar-refractivity contribution in [2.24, 2.45) is 0 Å². The van der Waals surface area contributed by atoms with E-state index in [1.807, 2.05) is 6.07 Å². The van der Waals surface area contributed by atoms with Gasteiger partial charge in [-0.2, -0.15) is 4.31 Å². The van der Waals surface area contributed by atoms with Crippen molar-refractivity contribution < 1.29 is 22.7 Å². The van der Waals surface area contributed by atoms with E-state index in [9.17, 15) is 22.7 Å². The summed E-state index contributed by atoms with van der Waals surface area (Å²) in [5, 5.41) is 14.1. The van der Waals surface area contributed by atoms with Crippen molar-refractivity contribution in [1.29, 1.82) is 0 Å². The highest BCUT2D eigenvalue weighted by atomic mass is 32.2. The molecule has 0 bridgehead atoms. The number of rotatable bonds is 5. The van der Waals surface area contributed by atoms with Gasteiger partial charge >= 0.3 is 0 Å². The van der Waals surface area contributed by atoms with E-state index in [0.29, 0.717) is 5.56 Å². The minimum absolute atomic E-state index is 0.0761. The Morgan fingerprint density at radius 3 is 2.18 bits per heavy atom. The molecule has 3 aromatic carbocycles. The lowest BCUT2D eigenvalue weighted by Gasteiger charge is -2.48. The summed E-state index contributed by atoms with van der Waals surface area (Å²) in [6.45, 7) is 1.66. The number of piperidine rings is 1. The van der Waals surface area contributed by atoms with Gasteiger partial charge < -0.3 is 10.4 Å². The van der Waals surface area contributed by atoms with Gasteiger partial charge in [0.05, 0.1) is 22.6 Å². The monoisotopic (exact) mass is 468 g/mol. The maximum Gasteiger partial charge on any atom is 0.251 e. The van der Waals surface area contributed by atoms with Gasteiger partial charge in [-0.25, -0.2) is 12.8 Å². The SMILES string of the molecule is CC1(O)CCN(S(=O)(=O)c2ccccc2)C(c2ccccc2)C1NC(=O)c1ccc(F)cc1. The van der Waals surface area contributed by atoms with Crippen LogP contribution in [0.15, 0.2) is 89.8 Å². The number of amides is 1. The third-order valence-corrected chi connectivity index (χ3v) is 7.91. The molecule has 0 radical (unpaired) electrons. The molecule has 4 rings (SSSR count). The fourth-order valence-electron chi connectivity index (χ4n) is 4.20. The summed E-state index contributed by atoms with van der Waals surface area (Å²) in [6, 6.07) is 20.2. The molecule has 1 heterocycles. The van der Waals surface area contributed by atoms with Crippen LogP contribution in [0, 0.1) is 5.82 Å². The summed E-state index contributed by atoms with van der Waals surface area (Å²) in [5.74, 6) is -1.00. The van der Waals surface area contributed by atoms with E-state index < -0.39 is 39.4 Å². The van der Waals surface area contributed by atoms with Gasteiger partial charge in [-0.3, -0.25) is 4.79 Å². The van der Waals surface area contributed by atoms with Crippen LogP contribution in [0.5, 0.6) is 0 Å². The van der Waals surface area contributed by atoms with E-state index in [-0.39, 0.29) is 23.4 Å². The molecule has 2 N–H and O–H groups in total. The van der Waals surface area contributed by atoms with Gasteiger partial charge in [0.2, 0.25) is 10.0 Å². The average Bonchev–Trinajstić information content (AvgIpc) is 2.81. The molecule has 33 heavy (non-hydrogen) atoms. The second kappa shape index (κ2) is 9.05. The van der Waals surface area contributed by atoms with Crippen LogP contribution in [-0.2, 0) is 10.0 Å². The van der Waals surface area contributed by atoms with Gasteiger partial charge in [-0.1, -0.05) is 48.5 Å². The van der Waals surface area contributed by atoms with Crippen molar-refractivity contribution in [1.82, 2.24) is 9.62 Å². The highest BCUT2D eigenvalue weighted by Gasteiger charge is 2.50. The summed E-state index contributed by atoms with van der Waals surface area (Å²) in [5.41, 5.74) is -0.540. The Hall–Kier alpha value is -3.07. The average molecular weight is 469 g/mol. The Morgan fingerprint density at radius 2 is 1.58 bits per heavy atom. The molecule has 1 amide bonds. The molecule has 0 aromatic heterocycles. The van der Waals surface area contributed by atoms with Crippen LogP contribution >= 0.6 is 0 Å². The Morgan fingerprint density at radius 1 is 1.00 bits per heavy atom. The van der Waals surface area contributed by atoms with Crippen LogP contribution in [0.3, 0.4) is 0 Å². The first-order valence-corrected chi connectivity index (χ1v) is 12.0. The molecular weight excluding hydrogens is 443 g/mol. The molecule has 3 atom stereocenters. The zero-order valence-electron chi connectivity index (χ0n) is 18.1. The van der Waals surface area contributed by atoms with E-state index in [4.69, 9.17) is 0 Å². The number of carbonyl (C=O) groups excluding carboxylic acids is 1. The first kappa shape index (κ1) is 23.1. The molecule has 0 saturated carbocycles. The molecule has 1 aliphatic heterocycles. The van der Waals surface area contributed by atoms with Crippen molar-refractivity contribution >= 4 is 15.9 Å². The van der Waals surface area contributed by atoms with Gasteiger partial charge in [-0.15, -0.1) is 0 Å². The number of hydrogen-bond donors (Lipinski definition) is 2. The van der Waals surface area contributed by atoms with Crippen LogP contribution in [0.4, 0.5) is 4.39 Å². The molecule has 172 valence electrons. The number of carbonyl (C=O) groups is 1. The van der Waals surface area contributed by atoms with Crippen LogP contribution in [-0.4, -0.2) is 41.9 Å². The smallest absolute Gasteiger partial charge is 0.251 e. The van der Waals surface area contributed by atoms with E-state index in [2.05, 4.69) is 5.32 Å². The predicted molar refractivity (Wildman–Crippen MR) is 122 cm³/mol. The molecule has 1 aliphatic rings. The normalized spacial score (nSPS) is 23.7. The molecule has 8 heteroatoms. The van der Waals surface area contributed by atoms with Gasteiger partial charge in [-0.05, 0) is 55.3 Å². The molecule has 0 aliphatic carbocycles. The summed E-state index contributed by atoms with van der Waals surface area (Å²) in [7, 11) is -3.93. The van der Waals surface area contributed by atoms with Crippen molar-refractivity contribution in [3.8, 4) is 0 Å². The number of sulfonamides is 1. The van der Waals surface area contributed by atoms with Crippen molar-refractivity contribution in [3.05, 3.63) is 102 Å². The van der Waals surface area contributed by atoms with E-state index >= 15 is 0 Å². The van der Waals surface area contributed by atoms with Gasteiger partial charge in [0, 0.05) is 12.1 Å². The largest absolute Gasteiger partial charge is 0.388 e. The van der Waals surface area contributed by atoms with Gasteiger partial charge in [0.25, 0.3) is 5.91 Å². The molecule has 3 unspecified atom stereocenters. The molecule has 3 aromatic rings. The van der Waals surface area contributed by atoms with Crippen molar-refractivity contribution in [2.45, 2.75) is 35.9 Å². The second-order valence-electron chi connectivity index (χ2n) is 8.35. The zero-order chi connectivity index (χ0) is 23.6. The number of aliphatic hydroxyl groups is 1. The number of benzene rings is 3. The lowest BCUT2D eigenvalue weighted by atomic mass is 9.81. The number of nitrogens with one attached hydrogen (secondary N) is 1. The molecular formula is C25H25FN2O4S. The second-order valence-corrected chi connectivity index (χ2v) is 10.2. The number of hydrogen-bond acceptors (Lipinski definition) is 4. The first-order chi connectivity index (χ1) is 15.7. The van der Waals surface area contributed by atoms with E-state index in [1.54, 1.807) is 49.4 Å². The predicted octanol–water partition coefficient (Wildman–Crippen LogP) is 3.51. The van der Waals surface area contributed by atoms with Crippen molar-refractivity contribution in [3.63, 3.8) is 0 Å². The Kier molecular flexibility index (Phi) is 6.34. The van der Waals surface area contributed by atoms with Crippen molar-refractivity contribution in [2.75, 3.05) is 6.54 Å². The first-order valence-electron chi connectivity index (χ1n) is 10.6. The molecule has 0 spiro atoms. The van der Waals surface area contributed by atoms with Crippen LogP contribution in [0.1, 0.15) is 35.3 Å². The third-order valence-electron chi connectivity index (χ3n) is 6.02. The molecule has 1 saturated heterocycles. The molecule has 6 nitrogen and oxygen atoms in total. The lowest BCUT2D eigenvalue weighted by Crippen LogP contribution is -2.63. The Labute approximate surface area is 192 Å². The fraction of sp³-hybridized carbons (Fsp3) is 0.240. The summed E-state index contributed by atoms with van der Waals surface area (Å²) in [4.78, 5) is 13.1. The van der Waals surface area contributed by atoms with Gasteiger partial charge in [0.1, 0.15) is 5.82 Å². The van der Waals surface area contributed by atoms with Crippen LogP contribution in [0.25, 0.3) is 0 Å². The van der Waals surface area contributed by atoms with E-state index in [1.165, 1.54) is 40.7 Å². The quantitative estimate of drug-likeness (QED) is 0.600. The highest BCUT2D eigenvalue weighted by Crippen LogP contribution is 2.40. The lowest BCUT2D eigenvalue weighted by molar-refractivity contribution is -0.0418. The van der Waals surface area contributed by atoms with Gasteiger partial charge in [0.15, 0.2) is 0 Å². The zero-order valence-corrected chi connectivity index (χ0v) is 18.9. The standard InChI is InChI=1S/C25H25FN2O4S/c1-25(30)16-17-28(33(31,32)21-10-6-3-7-11-21)22(18-8-4-2-5-9-18)23(25)27-24(29)19-12-14-20(26)15-13-19/h2-15,22-23,30H,16-17H2,1H3,(H,27,29). The topological polar surface area (TPSA) is 86.7 Å². The number of halogens is 1. The number of nitrogens with zero attached hydrogens (tertiary/aromatic N) is 1. The maximum absolute atomic E-state index is 13.6. The molecule has 1 fully saturated rings. The minimum Gasteiger partial charge on any atom is -0.388 e. The van der Waals surface area contributed by atoms with Crippen LogP contribution < -0.4 is 5.32 Å². The van der Waals surface area contributed by atoms with E-state index in [0.717, 1.165) is 0 Å².